The molecule has 4 N–H and O–H groups in total. The van der Waals surface area contributed by atoms with E-state index in [1.54, 1.807) is 26.3 Å². The van der Waals surface area contributed by atoms with Crippen molar-refractivity contribution in [1.29, 1.82) is 0 Å². The van der Waals surface area contributed by atoms with Crippen molar-refractivity contribution >= 4 is 17.3 Å². The van der Waals surface area contributed by atoms with Crippen LogP contribution >= 0.6 is 0 Å². The molecule has 23 heavy (non-hydrogen) atoms. The molecule has 1 aromatic carbocycles. The summed E-state index contributed by atoms with van der Waals surface area (Å²) in [5.41, 5.74) is 7.76. The fraction of sp³-hybridized carbons (Fsp3) is 0.588. The molecule has 0 spiro atoms. The predicted molar refractivity (Wildman–Crippen MR) is 94.2 cm³/mol. The largest absolute Gasteiger partial charge is 0.496 e. The number of rotatable bonds is 5. The Morgan fingerprint density at radius 1 is 1.43 bits per heavy atom. The van der Waals surface area contributed by atoms with Crippen molar-refractivity contribution in [3.05, 3.63) is 17.7 Å². The number of carbonyl (C=O) groups is 1. The lowest BCUT2D eigenvalue weighted by atomic mass is 10.1. The van der Waals surface area contributed by atoms with Gasteiger partial charge < -0.3 is 26.0 Å². The Morgan fingerprint density at radius 3 is 2.87 bits per heavy atom. The zero-order valence-corrected chi connectivity index (χ0v) is 14.3. The van der Waals surface area contributed by atoms with Gasteiger partial charge in [-0.2, -0.15) is 0 Å². The molecule has 6 nitrogen and oxygen atoms in total. The maximum Gasteiger partial charge on any atom is 0.255 e. The van der Waals surface area contributed by atoms with E-state index in [1.165, 1.54) is 6.42 Å². The molecule has 0 radical (unpaired) electrons. The number of likely N-dealkylation sites (tertiary alicyclic amines) is 1. The molecule has 1 saturated heterocycles. The molecule has 0 aromatic heterocycles. The number of nitrogens with zero attached hydrogens (tertiary/aromatic N) is 1. The van der Waals surface area contributed by atoms with Crippen LogP contribution in [0.15, 0.2) is 12.1 Å². The van der Waals surface area contributed by atoms with Crippen LogP contribution in [0.4, 0.5) is 11.4 Å². The number of ether oxygens (including phenoxy) is 1. The van der Waals surface area contributed by atoms with E-state index in [1.807, 2.05) is 0 Å². The SMILES string of the molecule is CCN1CCCC[C@H](NC(=O)c2cc(N)c(NC)cc2OC)C1. The fourth-order valence-corrected chi connectivity index (χ4v) is 3.05. The smallest absolute Gasteiger partial charge is 0.255 e. The minimum absolute atomic E-state index is 0.126. The molecule has 0 aliphatic carbocycles. The lowest BCUT2D eigenvalue weighted by Gasteiger charge is -2.24. The fourth-order valence-electron chi connectivity index (χ4n) is 3.05. The van der Waals surface area contributed by atoms with Crippen LogP contribution in [0.25, 0.3) is 0 Å². The number of carbonyl (C=O) groups excluding carboxylic acids is 1. The average Bonchev–Trinajstić information content (AvgIpc) is 2.79. The van der Waals surface area contributed by atoms with Crippen LogP contribution < -0.4 is 21.1 Å². The first-order valence-electron chi connectivity index (χ1n) is 8.27. The zero-order chi connectivity index (χ0) is 16.8. The molecule has 1 fully saturated rings. The van der Waals surface area contributed by atoms with Gasteiger partial charge in [0.05, 0.1) is 24.0 Å². The van der Waals surface area contributed by atoms with Gasteiger partial charge in [0.2, 0.25) is 0 Å². The highest BCUT2D eigenvalue weighted by Gasteiger charge is 2.22. The maximum atomic E-state index is 12.7. The molecule has 1 aromatic rings. The summed E-state index contributed by atoms with van der Waals surface area (Å²) in [5.74, 6) is 0.404. The van der Waals surface area contributed by atoms with Crippen molar-refractivity contribution < 1.29 is 9.53 Å². The number of hydrogen-bond donors (Lipinski definition) is 3. The van der Waals surface area contributed by atoms with E-state index in [0.717, 1.165) is 38.2 Å². The van der Waals surface area contributed by atoms with E-state index >= 15 is 0 Å². The highest BCUT2D eigenvalue weighted by atomic mass is 16.5. The second-order valence-corrected chi connectivity index (χ2v) is 5.95. The van der Waals surface area contributed by atoms with Gasteiger partial charge in [0.25, 0.3) is 5.91 Å². The van der Waals surface area contributed by atoms with Crippen LogP contribution in [0.3, 0.4) is 0 Å². The van der Waals surface area contributed by atoms with Gasteiger partial charge in [-0.1, -0.05) is 13.3 Å². The van der Waals surface area contributed by atoms with Crippen molar-refractivity contribution in [1.82, 2.24) is 10.2 Å². The molecule has 0 saturated carbocycles. The number of nitrogen functional groups attached to an aromatic ring is 1. The zero-order valence-electron chi connectivity index (χ0n) is 14.3. The van der Waals surface area contributed by atoms with Crippen LogP contribution in [0.5, 0.6) is 5.75 Å². The molecule has 6 heteroatoms. The molecule has 2 rings (SSSR count). The van der Waals surface area contributed by atoms with E-state index in [-0.39, 0.29) is 11.9 Å². The van der Waals surface area contributed by atoms with Crippen molar-refractivity contribution in [3.63, 3.8) is 0 Å². The number of nitrogens with two attached hydrogens (primary N) is 1. The first kappa shape index (κ1) is 17.4. The Kier molecular flexibility index (Phi) is 6.10. The summed E-state index contributed by atoms with van der Waals surface area (Å²) in [6.45, 7) is 5.18. The number of hydrogen-bond acceptors (Lipinski definition) is 5. The van der Waals surface area contributed by atoms with E-state index in [4.69, 9.17) is 10.5 Å². The van der Waals surface area contributed by atoms with Crippen LogP contribution in [-0.2, 0) is 0 Å². The second-order valence-electron chi connectivity index (χ2n) is 5.95. The molecule has 1 amide bonds. The number of nitrogens with one attached hydrogen (secondary N) is 2. The summed E-state index contributed by atoms with van der Waals surface area (Å²) < 4.78 is 5.35. The number of likely N-dealkylation sites (N-methyl/N-ethyl adjacent to an activating group) is 1. The summed E-state index contributed by atoms with van der Waals surface area (Å²) in [4.78, 5) is 15.0. The quantitative estimate of drug-likeness (QED) is 0.722. The molecule has 1 atom stereocenters. The summed E-state index contributed by atoms with van der Waals surface area (Å²) in [6.07, 6.45) is 3.33. The summed E-state index contributed by atoms with van der Waals surface area (Å²) in [6, 6.07) is 3.60. The minimum atomic E-state index is -0.126. The molecule has 0 bridgehead atoms. The van der Waals surface area contributed by atoms with Gasteiger partial charge in [-0.05, 0) is 32.0 Å². The maximum absolute atomic E-state index is 12.7. The Hall–Kier alpha value is -1.95. The monoisotopic (exact) mass is 320 g/mol. The van der Waals surface area contributed by atoms with Crippen molar-refractivity contribution in [2.45, 2.75) is 32.2 Å². The summed E-state index contributed by atoms with van der Waals surface area (Å²) >= 11 is 0. The summed E-state index contributed by atoms with van der Waals surface area (Å²) in [7, 11) is 3.35. The van der Waals surface area contributed by atoms with E-state index in [0.29, 0.717) is 17.0 Å². The minimum Gasteiger partial charge on any atom is -0.496 e. The summed E-state index contributed by atoms with van der Waals surface area (Å²) in [5, 5.41) is 6.14. The van der Waals surface area contributed by atoms with Crippen LogP contribution in [-0.4, -0.2) is 50.6 Å². The molecular formula is C17H28N4O2. The molecule has 1 aliphatic rings. The van der Waals surface area contributed by atoms with E-state index < -0.39 is 0 Å². The van der Waals surface area contributed by atoms with Crippen molar-refractivity contribution in [3.8, 4) is 5.75 Å². The topological polar surface area (TPSA) is 79.6 Å². The van der Waals surface area contributed by atoms with Gasteiger partial charge in [-0.3, -0.25) is 4.79 Å². The standard InChI is InChI=1S/C17H28N4O2/c1-4-21-8-6-5-7-12(11-21)20-17(22)13-9-14(18)15(19-2)10-16(13)23-3/h9-10,12,19H,4-8,11,18H2,1-3H3,(H,20,22)/t12-/m0/s1. The number of methoxy groups -OCH3 is 1. The predicted octanol–water partition coefficient (Wildman–Crippen LogP) is 1.92. The second kappa shape index (κ2) is 8.06. The number of anilines is 2. The van der Waals surface area contributed by atoms with Gasteiger partial charge in [-0.15, -0.1) is 0 Å². The van der Waals surface area contributed by atoms with Gasteiger partial charge in [-0.25, -0.2) is 0 Å². The van der Waals surface area contributed by atoms with Crippen molar-refractivity contribution in [2.75, 3.05) is 44.8 Å². The van der Waals surface area contributed by atoms with Gasteiger partial charge in [0, 0.05) is 25.7 Å². The molecule has 1 heterocycles. The lowest BCUT2D eigenvalue weighted by Crippen LogP contribution is -2.42. The Labute approximate surface area is 138 Å². The van der Waals surface area contributed by atoms with Crippen LogP contribution in [0.2, 0.25) is 0 Å². The third-order valence-corrected chi connectivity index (χ3v) is 4.42. The highest BCUT2D eigenvalue weighted by Crippen LogP contribution is 2.29. The average molecular weight is 320 g/mol. The van der Waals surface area contributed by atoms with E-state index in [2.05, 4.69) is 22.5 Å². The normalized spacial score (nSPS) is 19.0. The Morgan fingerprint density at radius 2 is 2.22 bits per heavy atom. The van der Waals surface area contributed by atoms with Crippen LogP contribution in [0.1, 0.15) is 36.5 Å². The first-order chi connectivity index (χ1) is 11.1. The van der Waals surface area contributed by atoms with Gasteiger partial charge in [0.15, 0.2) is 0 Å². The third kappa shape index (κ3) is 4.28. The number of benzene rings is 1. The van der Waals surface area contributed by atoms with Crippen molar-refractivity contribution in [2.24, 2.45) is 0 Å². The van der Waals surface area contributed by atoms with Gasteiger partial charge >= 0.3 is 0 Å². The van der Waals surface area contributed by atoms with Gasteiger partial charge in [0.1, 0.15) is 5.75 Å². The highest BCUT2D eigenvalue weighted by molar-refractivity contribution is 5.99. The Bertz CT molecular complexity index is 548. The number of amides is 1. The van der Waals surface area contributed by atoms with E-state index in [9.17, 15) is 4.79 Å². The molecular weight excluding hydrogens is 292 g/mol. The first-order valence-corrected chi connectivity index (χ1v) is 8.27. The molecule has 0 unspecified atom stereocenters. The molecule has 1 aliphatic heterocycles. The van der Waals surface area contributed by atoms with Crippen LogP contribution in [0, 0.1) is 0 Å². The molecule has 128 valence electrons. The lowest BCUT2D eigenvalue weighted by molar-refractivity contribution is 0.0924. The Balaban J connectivity index is 2.15. The third-order valence-electron chi connectivity index (χ3n) is 4.42.